The average molecular weight is 249 g/mol. The lowest BCUT2D eigenvalue weighted by molar-refractivity contribution is 0.421. The van der Waals surface area contributed by atoms with Crippen molar-refractivity contribution in [3.05, 3.63) is 17.0 Å². The van der Waals surface area contributed by atoms with Crippen LogP contribution in [0.5, 0.6) is 0 Å². The number of aromatic nitrogens is 2. The van der Waals surface area contributed by atoms with E-state index in [1.165, 1.54) is 42.6 Å². The summed E-state index contributed by atoms with van der Waals surface area (Å²) in [5.74, 6) is 0.843. The second kappa shape index (κ2) is 5.87. The van der Waals surface area contributed by atoms with E-state index in [2.05, 4.69) is 25.5 Å². The van der Waals surface area contributed by atoms with E-state index in [1.54, 1.807) is 0 Å². The summed E-state index contributed by atoms with van der Waals surface area (Å²) in [7, 11) is 0. The van der Waals surface area contributed by atoms with Gasteiger partial charge in [0, 0.05) is 18.3 Å². The molecule has 1 unspecified atom stereocenters. The summed E-state index contributed by atoms with van der Waals surface area (Å²) >= 11 is 0. The maximum absolute atomic E-state index is 6.08. The summed E-state index contributed by atoms with van der Waals surface area (Å²) in [4.78, 5) is 0. The van der Waals surface area contributed by atoms with Crippen molar-refractivity contribution in [3.8, 4) is 0 Å². The fourth-order valence-electron chi connectivity index (χ4n) is 3.05. The Bertz CT molecular complexity index is 389. The Balaban J connectivity index is 2.09. The van der Waals surface area contributed by atoms with Crippen molar-refractivity contribution in [1.29, 1.82) is 0 Å². The van der Waals surface area contributed by atoms with E-state index in [4.69, 9.17) is 10.8 Å². The molecule has 1 heterocycles. The minimum atomic E-state index is 0.270. The highest BCUT2D eigenvalue weighted by Gasteiger charge is 2.19. The van der Waals surface area contributed by atoms with Gasteiger partial charge in [0.2, 0.25) is 0 Å². The van der Waals surface area contributed by atoms with Crippen LogP contribution in [-0.4, -0.2) is 15.8 Å². The Morgan fingerprint density at radius 3 is 2.61 bits per heavy atom. The SMILES string of the molecule is CCC(N)Cc1c(C)nn(CC2CCCC2)c1C. The molecular formula is C15H27N3. The quantitative estimate of drug-likeness (QED) is 0.872. The van der Waals surface area contributed by atoms with Gasteiger partial charge in [-0.05, 0) is 51.0 Å². The lowest BCUT2D eigenvalue weighted by atomic mass is 10.0. The molecule has 0 bridgehead atoms. The molecule has 0 aliphatic heterocycles. The van der Waals surface area contributed by atoms with Crippen LogP contribution in [0.15, 0.2) is 0 Å². The number of hydrogen-bond acceptors (Lipinski definition) is 2. The zero-order valence-corrected chi connectivity index (χ0v) is 12.1. The highest BCUT2D eigenvalue weighted by molar-refractivity contribution is 5.25. The summed E-state index contributed by atoms with van der Waals surface area (Å²) in [6.07, 6.45) is 7.56. The molecule has 1 aromatic heterocycles. The molecule has 1 fully saturated rings. The number of hydrogen-bond donors (Lipinski definition) is 1. The molecule has 2 N–H and O–H groups in total. The third-order valence-electron chi connectivity index (χ3n) is 4.43. The van der Waals surface area contributed by atoms with E-state index in [0.717, 1.165) is 25.3 Å². The van der Waals surface area contributed by atoms with E-state index >= 15 is 0 Å². The molecule has 0 radical (unpaired) electrons. The number of aryl methyl sites for hydroxylation is 1. The summed E-state index contributed by atoms with van der Waals surface area (Å²) in [5, 5.41) is 4.72. The molecule has 3 heteroatoms. The monoisotopic (exact) mass is 249 g/mol. The molecule has 0 aromatic carbocycles. The molecule has 1 saturated carbocycles. The van der Waals surface area contributed by atoms with Gasteiger partial charge in [-0.1, -0.05) is 19.8 Å². The predicted octanol–water partition coefficient (Wildman–Crippen LogP) is 2.97. The molecular weight excluding hydrogens is 222 g/mol. The smallest absolute Gasteiger partial charge is 0.0629 e. The van der Waals surface area contributed by atoms with Crippen LogP contribution in [0, 0.1) is 19.8 Å². The largest absolute Gasteiger partial charge is 0.327 e. The van der Waals surface area contributed by atoms with Crippen LogP contribution < -0.4 is 5.73 Å². The predicted molar refractivity (Wildman–Crippen MR) is 75.6 cm³/mol. The minimum absolute atomic E-state index is 0.270. The van der Waals surface area contributed by atoms with Crippen LogP contribution in [0.4, 0.5) is 0 Å². The zero-order valence-electron chi connectivity index (χ0n) is 12.1. The molecule has 1 atom stereocenters. The first-order chi connectivity index (χ1) is 8.61. The van der Waals surface area contributed by atoms with Crippen molar-refractivity contribution in [1.82, 2.24) is 9.78 Å². The molecule has 1 aliphatic rings. The first kappa shape index (κ1) is 13.6. The van der Waals surface area contributed by atoms with Gasteiger partial charge in [-0.3, -0.25) is 4.68 Å². The van der Waals surface area contributed by atoms with Gasteiger partial charge in [0.25, 0.3) is 0 Å². The standard InChI is InChI=1S/C15H27N3/c1-4-14(16)9-15-11(2)17-18(12(15)3)10-13-7-5-6-8-13/h13-14H,4-10,16H2,1-3H3. The van der Waals surface area contributed by atoms with E-state index in [9.17, 15) is 0 Å². The second-order valence-corrected chi connectivity index (χ2v) is 5.85. The maximum Gasteiger partial charge on any atom is 0.0629 e. The molecule has 1 aromatic rings. The highest BCUT2D eigenvalue weighted by atomic mass is 15.3. The minimum Gasteiger partial charge on any atom is -0.327 e. The Kier molecular flexibility index (Phi) is 4.44. The summed E-state index contributed by atoms with van der Waals surface area (Å²) < 4.78 is 2.23. The topological polar surface area (TPSA) is 43.8 Å². The summed E-state index contributed by atoms with van der Waals surface area (Å²) in [6.45, 7) is 7.58. The Labute approximate surface area is 111 Å². The molecule has 1 aliphatic carbocycles. The van der Waals surface area contributed by atoms with Gasteiger partial charge < -0.3 is 5.73 Å². The molecule has 102 valence electrons. The van der Waals surface area contributed by atoms with Crippen LogP contribution in [0.2, 0.25) is 0 Å². The fourth-order valence-corrected chi connectivity index (χ4v) is 3.05. The van der Waals surface area contributed by atoms with Crippen LogP contribution >= 0.6 is 0 Å². The van der Waals surface area contributed by atoms with Gasteiger partial charge in [-0.15, -0.1) is 0 Å². The van der Waals surface area contributed by atoms with Gasteiger partial charge in [0.05, 0.1) is 5.69 Å². The first-order valence-electron chi connectivity index (χ1n) is 7.40. The lowest BCUT2D eigenvalue weighted by Crippen LogP contribution is -2.22. The van der Waals surface area contributed by atoms with Crippen molar-refractivity contribution in [2.24, 2.45) is 11.7 Å². The number of nitrogens with zero attached hydrogens (tertiary/aromatic N) is 2. The van der Waals surface area contributed by atoms with Gasteiger partial charge in [-0.2, -0.15) is 5.10 Å². The van der Waals surface area contributed by atoms with Gasteiger partial charge in [0.1, 0.15) is 0 Å². The molecule has 18 heavy (non-hydrogen) atoms. The van der Waals surface area contributed by atoms with Crippen molar-refractivity contribution in [2.45, 2.75) is 71.9 Å². The van der Waals surface area contributed by atoms with Gasteiger partial charge in [-0.25, -0.2) is 0 Å². The fraction of sp³-hybridized carbons (Fsp3) is 0.800. The van der Waals surface area contributed by atoms with Crippen LogP contribution in [-0.2, 0) is 13.0 Å². The van der Waals surface area contributed by atoms with E-state index < -0.39 is 0 Å². The van der Waals surface area contributed by atoms with Crippen molar-refractivity contribution >= 4 is 0 Å². The first-order valence-corrected chi connectivity index (χ1v) is 7.40. The Morgan fingerprint density at radius 1 is 1.33 bits per heavy atom. The average Bonchev–Trinajstić information content (AvgIpc) is 2.94. The highest BCUT2D eigenvalue weighted by Crippen LogP contribution is 2.27. The van der Waals surface area contributed by atoms with E-state index in [1.807, 2.05) is 0 Å². The normalized spacial score (nSPS) is 18.4. The second-order valence-electron chi connectivity index (χ2n) is 5.85. The van der Waals surface area contributed by atoms with Crippen LogP contribution in [0.3, 0.4) is 0 Å². The van der Waals surface area contributed by atoms with Crippen molar-refractivity contribution < 1.29 is 0 Å². The molecule has 0 spiro atoms. The van der Waals surface area contributed by atoms with Gasteiger partial charge in [0.15, 0.2) is 0 Å². The molecule has 0 amide bonds. The van der Waals surface area contributed by atoms with Crippen molar-refractivity contribution in [3.63, 3.8) is 0 Å². The molecule has 3 nitrogen and oxygen atoms in total. The summed E-state index contributed by atoms with van der Waals surface area (Å²) in [6, 6.07) is 0.270. The lowest BCUT2D eigenvalue weighted by Gasteiger charge is -2.12. The number of rotatable bonds is 5. The molecule has 2 rings (SSSR count). The zero-order chi connectivity index (χ0) is 13.1. The Hall–Kier alpha value is -0.830. The van der Waals surface area contributed by atoms with Crippen LogP contribution in [0.1, 0.15) is 56.0 Å². The van der Waals surface area contributed by atoms with Crippen molar-refractivity contribution in [2.75, 3.05) is 0 Å². The van der Waals surface area contributed by atoms with Crippen LogP contribution in [0.25, 0.3) is 0 Å². The van der Waals surface area contributed by atoms with E-state index in [-0.39, 0.29) is 6.04 Å². The third-order valence-corrected chi connectivity index (χ3v) is 4.43. The molecule has 0 saturated heterocycles. The van der Waals surface area contributed by atoms with Gasteiger partial charge >= 0.3 is 0 Å². The van der Waals surface area contributed by atoms with E-state index in [0.29, 0.717) is 0 Å². The summed E-state index contributed by atoms with van der Waals surface area (Å²) in [5.41, 5.74) is 9.97. The number of nitrogens with two attached hydrogens (primary N) is 1. The Morgan fingerprint density at radius 2 is 2.00 bits per heavy atom. The third kappa shape index (κ3) is 2.94. The maximum atomic E-state index is 6.08.